The number of carbonyl (C=O) groups excluding carboxylic acids is 2. The molecule has 1 saturated heterocycles. The predicted octanol–water partition coefficient (Wildman–Crippen LogP) is 6.93. The van der Waals surface area contributed by atoms with Gasteiger partial charge in [-0.25, -0.2) is 13.1 Å². The molecule has 0 radical (unpaired) electrons. The van der Waals surface area contributed by atoms with Gasteiger partial charge in [0.25, 0.3) is 15.9 Å². The topological polar surface area (TPSA) is 105 Å². The Kier molecular flexibility index (Phi) is 10.2. The van der Waals surface area contributed by atoms with E-state index in [1.54, 1.807) is 18.2 Å². The number of fused-ring (bicyclic) bond motifs is 1. The molecule has 2 amide bonds. The number of amides is 2. The monoisotopic (exact) mass is 733 g/mol. The van der Waals surface area contributed by atoms with Crippen LogP contribution in [0.2, 0.25) is 5.02 Å². The quantitative estimate of drug-likeness (QED) is 0.127. The number of likely N-dealkylation sites (tertiary alicyclic amines) is 1. The van der Waals surface area contributed by atoms with Crippen molar-refractivity contribution in [1.29, 1.82) is 0 Å². The first-order valence-electron chi connectivity index (χ1n) is 17.4. The van der Waals surface area contributed by atoms with Crippen LogP contribution in [0.25, 0.3) is 10.8 Å². The lowest BCUT2D eigenvalue weighted by atomic mass is 9.88. The van der Waals surface area contributed by atoms with E-state index in [1.807, 2.05) is 66.7 Å². The molecule has 2 aliphatic rings. The van der Waals surface area contributed by atoms with Crippen molar-refractivity contribution in [3.05, 3.63) is 156 Å². The average Bonchev–Trinajstić information content (AvgIpc) is 3.74. The molecule has 1 aliphatic carbocycles. The molecule has 2 N–H and O–H groups in total. The van der Waals surface area contributed by atoms with E-state index in [9.17, 15) is 18.0 Å². The molecule has 0 bridgehead atoms. The van der Waals surface area contributed by atoms with Crippen molar-refractivity contribution in [2.75, 3.05) is 13.1 Å². The number of hydrogen-bond acceptors (Lipinski definition) is 6. The van der Waals surface area contributed by atoms with Crippen LogP contribution in [0.4, 0.5) is 0 Å². The van der Waals surface area contributed by atoms with E-state index in [4.69, 9.17) is 16.3 Å². The number of nitrogens with zero attached hydrogens (tertiary/aromatic N) is 1. The fourth-order valence-electron chi connectivity index (χ4n) is 7.28. The molecule has 266 valence electrons. The highest BCUT2D eigenvalue weighted by Gasteiger charge is 2.61. The van der Waals surface area contributed by atoms with Gasteiger partial charge in [-0.15, -0.1) is 6.58 Å². The summed E-state index contributed by atoms with van der Waals surface area (Å²) in [5, 5.41) is 5.98. The van der Waals surface area contributed by atoms with Gasteiger partial charge in [-0.2, -0.15) is 0 Å². The molecule has 5 aromatic carbocycles. The fourth-order valence-corrected chi connectivity index (χ4v) is 8.48. The number of hydrogen-bond donors (Lipinski definition) is 2. The van der Waals surface area contributed by atoms with Gasteiger partial charge >= 0.3 is 0 Å². The zero-order chi connectivity index (χ0) is 36.3. The van der Waals surface area contributed by atoms with Crippen LogP contribution >= 0.6 is 11.6 Å². The summed E-state index contributed by atoms with van der Waals surface area (Å²) in [4.78, 5) is 30.3. The van der Waals surface area contributed by atoms with Crippen LogP contribution in [-0.2, 0) is 39.2 Å². The summed E-state index contributed by atoms with van der Waals surface area (Å²) >= 11 is 6.17. The van der Waals surface area contributed by atoms with Crippen LogP contribution in [0.3, 0.4) is 0 Å². The number of carbonyl (C=O) groups is 2. The highest BCUT2D eigenvalue weighted by Crippen LogP contribution is 2.45. The number of benzene rings is 5. The van der Waals surface area contributed by atoms with Crippen LogP contribution in [0, 0.1) is 17.8 Å². The lowest BCUT2D eigenvalue weighted by molar-refractivity contribution is -0.132. The molecule has 0 unspecified atom stereocenters. The summed E-state index contributed by atoms with van der Waals surface area (Å²) in [6.45, 7) is 5.94. The lowest BCUT2D eigenvalue weighted by Gasteiger charge is -2.23. The van der Waals surface area contributed by atoms with E-state index in [1.165, 1.54) is 23.1 Å². The van der Waals surface area contributed by atoms with E-state index in [2.05, 4.69) is 51.8 Å². The highest BCUT2D eigenvalue weighted by molar-refractivity contribution is 7.90. The smallest absolute Gasteiger partial charge is 0.264 e. The van der Waals surface area contributed by atoms with Gasteiger partial charge in [0.2, 0.25) is 5.91 Å². The Morgan fingerprint density at radius 2 is 1.62 bits per heavy atom. The molecule has 0 aromatic heterocycles. The number of nitrogens with one attached hydrogen (secondary N) is 2. The summed E-state index contributed by atoms with van der Waals surface area (Å²) in [6, 6.07) is 37.7. The van der Waals surface area contributed by atoms with Crippen LogP contribution in [0.5, 0.6) is 5.75 Å². The third-order valence-corrected chi connectivity index (χ3v) is 11.8. The zero-order valence-electron chi connectivity index (χ0n) is 28.6. The predicted molar refractivity (Wildman–Crippen MR) is 203 cm³/mol. The summed E-state index contributed by atoms with van der Waals surface area (Å²) in [7, 11) is -4.30. The number of sulfonamides is 1. The van der Waals surface area contributed by atoms with Crippen molar-refractivity contribution in [1.82, 2.24) is 14.9 Å². The molecule has 7 rings (SSSR count). The van der Waals surface area contributed by atoms with Gasteiger partial charge in [0.05, 0.1) is 10.8 Å². The van der Waals surface area contributed by atoms with Gasteiger partial charge in [-0.1, -0.05) is 109 Å². The Balaban J connectivity index is 1.08. The molecule has 52 heavy (non-hydrogen) atoms. The highest BCUT2D eigenvalue weighted by atomic mass is 35.5. The van der Waals surface area contributed by atoms with Gasteiger partial charge < -0.3 is 10.1 Å². The van der Waals surface area contributed by atoms with Gasteiger partial charge in [0, 0.05) is 36.6 Å². The fraction of sp³-hybridized carbons (Fsp3) is 0.238. The van der Waals surface area contributed by atoms with Crippen LogP contribution in [0.1, 0.15) is 23.1 Å². The lowest BCUT2D eigenvalue weighted by Crippen LogP contribution is -2.54. The van der Waals surface area contributed by atoms with E-state index in [-0.39, 0.29) is 29.7 Å². The summed E-state index contributed by atoms with van der Waals surface area (Å²) in [5.74, 6) is -1.65. The molecule has 8 nitrogen and oxygen atoms in total. The maximum atomic E-state index is 14.3. The van der Waals surface area contributed by atoms with Crippen molar-refractivity contribution in [3.8, 4) is 5.75 Å². The normalized spacial score (nSPS) is 21.4. The molecule has 2 fully saturated rings. The molecular formula is C42H40ClN3O5S. The largest absolute Gasteiger partial charge is 0.489 e. The van der Waals surface area contributed by atoms with Gasteiger partial charge in [-0.05, 0) is 70.5 Å². The molecule has 10 heteroatoms. The first-order chi connectivity index (χ1) is 25.1. The molecule has 1 aliphatic heterocycles. The second kappa shape index (κ2) is 14.9. The minimum atomic E-state index is -4.30. The molecule has 1 saturated carbocycles. The number of ether oxygens (including phenoxy) is 1. The third-order valence-electron chi connectivity index (χ3n) is 10.2. The van der Waals surface area contributed by atoms with Gasteiger partial charge in [-0.3, -0.25) is 14.5 Å². The van der Waals surface area contributed by atoms with Crippen LogP contribution in [0.15, 0.2) is 139 Å². The van der Waals surface area contributed by atoms with Crippen molar-refractivity contribution in [3.63, 3.8) is 0 Å². The standard InChI is InChI=1S/C42H40ClN3O5S/c1-2-34-24-42(34,41(48)45-52(49,50)37-16-9-15-36(23-37)51-28-30-10-4-3-5-11-30)44-40(47)39-27-46(26-33(39)22-29-18-20-35(43)21-19-29)25-32-14-8-13-31-12-6-7-17-38(31)32/h2-21,23,33-34,39H,1,22,24-28H2,(H,44,47)(H,45,48)/t33-,34+,39-,42+/m0/s1. The minimum Gasteiger partial charge on any atom is -0.489 e. The molecule has 1 heterocycles. The summed E-state index contributed by atoms with van der Waals surface area (Å²) in [5.41, 5.74) is 1.73. The summed E-state index contributed by atoms with van der Waals surface area (Å²) in [6.07, 6.45) is 2.48. The van der Waals surface area contributed by atoms with E-state index in [0.29, 0.717) is 36.8 Å². The average molecular weight is 734 g/mol. The second-order valence-corrected chi connectivity index (χ2v) is 15.8. The minimum absolute atomic E-state index is 0.0560. The van der Waals surface area contributed by atoms with E-state index >= 15 is 0 Å². The first-order valence-corrected chi connectivity index (χ1v) is 19.2. The first kappa shape index (κ1) is 35.4. The number of halogens is 1. The molecule has 0 spiro atoms. The van der Waals surface area contributed by atoms with Gasteiger partial charge in [0.1, 0.15) is 17.9 Å². The Morgan fingerprint density at radius 3 is 2.38 bits per heavy atom. The van der Waals surface area contributed by atoms with Crippen molar-refractivity contribution < 1.29 is 22.7 Å². The van der Waals surface area contributed by atoms with Crippen LogP contribution in [-0.4, -0.2) is 43.8 Å². The number of rotatable bonds is 13. The Bertz CT molecular complexity index is 2210. The van der Waals surface area contributed by atoms with Crippen molar-refractivity contribution in [2.45, 2.75) is 36.4 Å². The SMILES string of the molecule is C=C[C@@H]1C[C@]1(NC(=O)[C@H]1CN(Cc2cccc3ccccc23)C[C@@H]1Cc1ccc(Cl)cc1)C(=O)NS(=O)(=O)c1cccc(OCc2ccccc2)c1. The van der Waals surface area contributed by atoms with Crippen molar-refractivity contribution >= 4 is 44.2 Å². The Hall–Kier alpha value is -4.96. The zero-order valence-corrected chi connectivity index (χ0v) is 30.2. The van der Waals surface area contributed by atoms with Gasteiger partial charge in [0.15, 0.2) is 0 Å². The summed E-state index contributed by atoms with van der Waals surface area (Å²) < 4.78 is 35.1. The molecular weight excluding hydrogens is 694 g/mol. The molecule has 4 atom stereocenters. The third kappa shape index (κ3) is 7.77. The second-order valence-electron chi connectivity index (χ2n) is 13.7. The maximum Gasteiger partial charge on any atom is 0.264 e. The Morgan fingerprint density at radius 1 is 0.885 bits per heavy atom. The Labute approximate surface area is 309 Å². The maximum absolute atomic E-state index is 14.3. The van der Waals surface area contributed by atoms with Crippen LogP contribution < -0.4 is 14.8 Å². The molecule has 5 aromatic rings. The van der Waals surface area contributed by atoms with E-state index in [0.717, 1.165) is 16.5 Å². The van der Waals surface area contributed by atoms with E-state index < -0.39 is 33.3 Å². The van der Waals surface area contributed by atoms with Crippen molar-refractivity contribution in [2.24, 2.45) is 17.8 Å².